The van der Waals surface area contributed by atoms with E-state index in [-0.39, 0.29) is 23.7 Å². The van der Waals surface area contributed by atoms with Crippen LogP contribution in [0.3, 0.4) is 0 Å². The molecule has 2 heterocycles. The van der Waals surface area contributed by atoms with Crippen LogP contribution >= 0.6 is 0 Å². The van der Waals surface area contributed by atoms with Crippen molar-refractivity contribution in [1.29, 1.82) is 0 Å². The van der Waals surface area contributed by atoms with Gasteiger partial charge in [0.2, 0.25) is 11.8 Å². The summed E-state index contributed by atoms with van der Waals surface area (Å²) in [6.45, 7) is 1.83. The predicted molar refractivity (Wildman–Crippen MR) is 66.5 cm³/mol. The highest BCUT2D eigenvalue weighted by molar-refractivity contribution is 6.05. The minimum atomic E-state index is -0.119. The Morgan fingerprint density at radius 1 is 1.06 bits per heavy atom. The molecule has 3 rings (SSSR count). The first-order valence-electron chi connectivity index (χ1n) is 6.24. The topological polar surface area (TPSA) is 40.6 Å². The van der Waals surface area contributed by atoms with Gasteiger partial charge in [0.15, 0.2) is 0 Å². The normalized spacial score (nSPS) is 27.9. The largest absolute Gasteiger partial charge is 0.305 e. The van der Waals surface area contributed by atoms with E-state index in [1.807, 2.05) is 37.4 Å². The molecular weight excluding hydrogens is 228 g/mol. The van der Waals surface area contributed by atoms with Gasteiger partial charge in [0.05, 0.1) is 18.4 Å². The molecular formula is C14H16N2O2. The second-order valence-electron chi connectivity index (χ2n) is 5.18. The summed E-state index contributed by atoms with van der Waals surface area (Å²) in [4.78, 5) is 27.9. The minimum absolute atomic E-state index is 0.00166. The molecule has 0 N–H and O–H groups in total. The van der Waals surface area contributed by atoms with Gasteiger partial charge in [-0.25, -0.2) is 0 Å². The number of benzene rings is 1. The molecule has 2 atom stereocenters. The van der Waals surface area contributed by atoms with Crippen LogP contribution in [0, 0.1) is 11.8 Å². The molecule has 0 spiro atoms. The fourth-order valence-electron chi connectivity index (χ4n) is 2.93. The summed E-state index contributed by atoms with van der Waals surface area (Å²) >= 11 is 0. The van der Waals surface area contributed by atoms with Crippen molar-refractivity contribution < 1.29 is 9.59 Å². The van der Waals surface area contributed by atoms with Crippen LogP contribution in [0.5, 0.6) is 0 Å². The molecule has 4 nitrogen and oxygen atoms in total. The number of likely N-dealkylation sites (tertiary alicyclic amines) is 2. The smallest absolute Gasteiger partial charge is 0.234 e. The molecule has 94 valence electrons. The maximum atomic E-state index is 12.2. The quantitative estimate of drug-likeness (QED) is 0.720. The number of carbonyl (C=O) groups excluding carboxylic acids is 2. The first-order chi connectivity index (χ1) is 8.66. The Balaban J connectivity index is 1.79. The number of hydrogen-bond acceptors (Lipinski definition) is 3. The summed E-state index contributed by atoms with van der Waals surface area (Å²) in [5, 5.41) is 0. The maximum Gasteiger partial charge on any atom is 0.234 e. The van der Waals surface area contributed by atoms with E-state index in [1.165, 1.54) is 4.90 Å². The van der Waals surface area contributed by atoms with Gasteiger partial charge in [-0.05, 0) is 12.6 Å². The van der Waals surface area contributed by atoms with E-state index < -0.39 is 0 Å². The summed E-state index contributed by atoms with van der Waals surface area (Å²) in [5.41, 5.74) is 1.01. The average molecular weight is 244 g/mol. The van der Waals surface area contributed by atoms with Gasteiger partial charge in [-0.3, -0.25) is 14.5 Å². The molecule has 0 saturated carbocycles. The van der Waals surface area contributed by atoms with Crippen molar-refractivity contribution in [3.63, 3.8) is 0 Å². The van der Waals surface area contributed by atoms with E-state index in [0.29, 0.717) is 19.6 Å². The van der Waals surface area contributed by atoms with Crippen molar-refractivity contribution in [1.82, 2.24) is 9.80 Å². The number of imide groups is 1. The van der Waals surface area contributed by atoms with Crippen LogP contribution in [0.25, 0.3) is 0 Å². The van der Waals surface area contributed by atoms with E-state index in [1.54, 1.807) is 0 Å². The van der Waals surface area contributed by atoms with Crippen molar-refractivity contribution in [2.24, 2.45) is 11.8 Å². The summed E-state index contributed by atoms with van der Waals surface area (Å²) in [6.07, 6.45) is 0. The van der Waals surface area contributed by atoms with Gasteiger partial charge >= 0.3 is 0 Å². The zero-order valence-electron chi connectivity index (χ0n) is 10.4. The third kappa shape index (κ3) is 1.73. The zero-order chi connectivity index (χ0) is 12.7. The highest BCUT2D eigenvalue weighted by Crippen LogP contribution is 2.33. The Labute approximate surface area is 106 Å². The molecule has 0 aromatic heterocycles. The van der Waals surface area contributed by atoms with Gasteiger partial charge in [0.25, 0.3) is 0 Å². The fraction of sp³-hybridized carbons (Fsp3) is 0.429. The van der Waals surface area contributed by atoms with Crippen LogP contribution in [0.2, 0.25) is 0 Å². The molecule has 2 aliphatic rings. The molecule has 0 unspecified atom stereocenters. The van der Waals surface area contributed by atoms with Gasteiger partial charge in [0.1, 0.15) is 0 Å². The lowest BCUT2D eigenvalue weighted by Crippen LogP contribution is -2.34. The van der Waals surface area contributed by atoms with Gasteiger partial charge in [-0.2, -0.15) is 0 Å². The first kappa shape index (κ1) is 11.4. The lowest BCUT2D eigenvalue weighted by Gasteiger charge is -2.17. The third-order valence-corrected chi connectivity index (χ3v) is 3.85. The minimum Gasteiger partial charge on any atom is -0.305 e. The Morgan fingerprint density at radius 3 is 2.17 bits per heavy atom. The molecule has 2 amide bonds. The number of hydrogen-bond donors (Lipinski definition) is 0. The number of rotatable bonds is 2. The lowest BCUT2D eigenvalue weighted by atomic mass is 10.00. The van der Waals surface area contributed by atoms with Crippen molar-refractivity contribution in [3.8, 4) is 0 Å². The van der Waals surface area contributed by atoms with Crippen molar-refractivity contribution in [2.45, 2.75) is 6.54 Å². The lowest BCUT2D eigenvalue weighted by molar-refractivity contribution is -0.141. The van der Waals surface area contributed by atoms with E-state index in [9.17, 15) is 9.59 Å². The van der Waals surface area contributed by atoms with E-state index in [4.69, 9.17) is 0 Å². The predicted octanol–water partition coefficient (Wildman–Crippen LogP) is 0.733. The van der Waals surface area contributed by atoms with Gasteiger partial charge in [0, 0.05) is 13.1 Å². The summed E-state index contributed by atoms with van der Waals surface area (Å²) in [5.74, 6) is -0.242. The second kappa shape index (κ2) is 4.21. The van der Waals surface area contributed by atoms with Crippen molar-refractivity contribution >= 4 is 11.8 Å². The molecule has 1 aromatic carbocycles. The van der Waals surface area contributed by atoms with Crippen LogP contribution in [0.1, 0.15) is 5.56 Å². The molecule has 2 saturated heterocycles. The standard InChI is InChI=1S/C14H16N2O2/c1-15-8-11-12(9-15)14(18)16(13(11)17)7-10-5-3-2-4-6-10/h2-6,11-12H,7-9H2,1H3/t11-,12-/m1/s1. The average Bonchev–Trinajstić information content (AvgIpc) is 2.85. The van der Waals surface area contributed by atoms with Gasteiger partial charge in [-0.1, -0.05) is 30.3 Å². The molecule has 0 bridgehead atoms. The van der Waals surface area contributed by atoms with Gasteiger partial charge < -0.3 is 4.90 Å². The first-order valence-corrected chi connectivity index (χ1v) is 6.24. The number of carbonyl (C=O) groups is 2. The number of nitrogens with zero attached hydrogens (tertiary/aromatic N) is 2. The van der Waals surface area contributed by atoms with Crippen molar-refractivity contribution in [3.05, 3.63) is 35.9 Å². The molecule has 0 aliphatic carbocycles. The maximum absolute atomic E-state index is 12.2. The van der Waals surface area contributed by atoms with Crippen LogP contribution in [-0.4, -0.2) is 41.8 Å². The summed E-state index contributed by atoms with van der Waals surface area (Å²) in [7, 11) is 1.96. The van der Waals surface area contributed by atoms with E-state index in [2.05, 4.69) is 4.90 Å². The highest BCUT2D eigenvalue weighted by Gasteiger charge is 2.51. The molecule has 18 heavy (non-hydrogen) atoms. The third-order valence-electron chi connectivity index (χ3n) is 3.85. The van der Waals surface area contributed by atoms with Gasteiger partial charge in [-0.15, -0.1) is 0 Å². The fourth-order valence-corrected chi connectivity index (χ4v) is 2.93. The monoisotopic (exact) mass is 244 g/mol. The Bertz CT molecular complexity index is 462. The SMILES string of the molecule is CN1C[C@H]2C(=O)N(Cc3ccccc3)C(=O)[C@@H]2C1. The Hall–Kier alpha value is -1.68. The van der Waals surface area contributed by atoms with Crippen LogP contribution in [0.15, 0.2) is 30.3 Å². The Morgan fingerprint density at radius 2 is 1.61 bits per heavy atom. The molecule has 2 aliphatic heterocycles. The number of fused-ring (bicyclic) bond motifs is 1. The number of amides is 2. The van der Waals surface area contributed by atoms with E-state index in [0.717, 1.165) is 5.56 Å². The molecule has 1 aromatic rings. The van der Waals surface area contributed by atoms with Crippen LogP contribution < -0.4 is 0 Å². The highest BCUT2D eigenvalue weighted by atomic mass is 16.2. The second-order valence-corrected chi connectivity index (χ2v) is 5.18. The van der Waals surface area contributed by atoms with E-state index >= 15 is 0 Å². The van der Waals surface area contributed by atoms with Crippen LogP contribution in [0.4, 0.5) is 0 Å². The van der Waals surface area contributed by atoms with Crippen molar-refractivity contribution in [2.75, 3.05) is 20.1 Å². The molecule has 4 heteroatoms. The molecule has 0 radical (unpaired) electrons. The summed E-state index contributed by atoms with van der Waals surface area (Å²) in [6, 6.07) is 9.67. The Kier molecular flexibility index (Phi) is 2.67. The molecule has 2 fully saturated rings. The van der Waals surface area contributed by atoms with Crippen LogP contribution in [-0.2, 0) is 16.1 Å². The zero-order valence-corrected chi connectivity index (χ0v) is 10.4. The summed E-state index contributed by atoms with van der Waals surface area (Å²) < 4.78 is 0.